The van der Waals surface area contributed by atoms with E-state index in [1.165, 1.54) is 12.3 Å². The first kappa shape index (κ1) is 16.5. The highest BCUT2D eigenvalue weighted by atomic mass is 79.9. The van der Waals surface area contributed by atoms with E-state index in [2.05, 4.69) is 42.2 Å². The number of anilines is 1. The molecule has 0 aliphatic rings. The van der Waals surface area contributed by atoms with Crippen LogP contribution in [0.15, 0.2) is 50.3 Å². The first-order valence-corrected chi connectivity index (χ1v) is 7.81. The van der Waals surface area contributed by atoms with Gasteiger partial charge in [0.2, 0.25) is 5.91 Å². The molecule has 0 heterocycles. The molecule has 0 aliphatic carbocycles. The minimum absolute atomic E-state index is 0.00612. The largest absolute Gasteiger partial charge is 0.506 e. The van der Waals surface area contributed by atoms with Gasteiger partial charge >= 0.3 is 0 Å². The number of benzene rings is 2. The third-order valence-corrected chi connectivity index (χ3v) is 3.76. The number of hydrogen-bond donors (Lipinski definition) is 3. The summed E-state index contributed by atoms with van der Waals surface area (Å²) < 4.78 is 1.30. The zero-order valence-corrected chi connectivity index (χ0v) is 14.4. The van der Waals surface area contributed by atoms with Crippen molar-refractivity contribution in [1.29, 1.82) is 0 Å². The number of phenolic OH excluding ortho intramolecular Hbond substituents is 2. The fourth-order valence-corrected chi connectivity index (χ4v) is 2.94. The summed E-state index contributed by atoms with van der Waals surface area (Å²) in [5.41, 5.74) is 0.812. The second-order valence-electron chi connectivity index (χ2n) is 4.36. The molecular formula is C15H12Br2N2O3. The van der Waals surface area contributed by atoms with Gasteiger partial charge in [0.25, 0.3) is 0 Å². The maximum atomic E-state index is 11.8. The monoisotopic (exact) mass is 426 g/mol. The Hall–Kier alpha value is -1.86. The summed E-state index contributed by atoms with van der Waals surface area (Å²) >= 11 is 6.53. The van der Waals surface area contributed by atoms with Gasteiger partial charge in [0.1, 0.15) is 18.0 Å². The normalized spacial score (nSPS) is 10.8. The van der Waals surface area contributed by atoms with E-state index in [0.29, 0.717) is 15.7 Å². The van der Waals surface area contributed by atoms with Crippen molar-refractivity contribution in [3.63, 3.8) is 0 Å². The number of rotatable bonds is 4. The summed E-state index contributed by atoms with van der Waals surface area (Å²) in [6.45, 7) is -0.127. The van der Waals surface area contributed by atoms with Crippen LogP contribution in [0.2, 0.25) is 0 Å². The first-order valence-electron chi connectivity index (χ1n) is 6.23. The number of carbonyl (C=O) groups is 1. The summed E-state index contributed by atoms with van der Waals surface area (Å²) in [6.07, 6.45) is 1.41. The van der Waals surface area contributed by atoms with Crippen LogP contribution in [0.3, 0.4) is 0 Å². The highest BCUT2D eigenvalue weighted by molar-refractivity contribution is 9.11. The molecule has 22 heavy (non-hydrogen) atoms. The predicted octanol–water partition coefficient (Wildman–Crippen LogP) is 3.68. The van der Waals surface area contributed by atoms with E-state index in [1.807, 2.05) is 0 Å². The number of aromatic hydroxyl groups is 2. The molecule has 1 amide bonds. The Labute approximate surface area is 144 Å². The molecule has 0 unspecified atom stereocenters. The lowest BCUT2D eigenvalue weighted by molar-refractivity contribution is -0.114. The van der Waals surface area contributed by atoms with Crippen molar-refractivity contribution >= 4 is 49.7 Å². The van der Waals surface area contributed by atoms with Gasteiger partial charge in [-0.2, -0.15) is 0 Å². The van der Waals surface area contributed by atoms with Gasteiger partial charge in [-0.15, -0.1) is 0 Å². The van der Waals surface area contributed by atoms with E-state index in [0.717, 1.165) is 4.47 Å². The van der Waals surface area contributed by atoms with E-state index < -0.39 is 0 Å². The van der Waals surface area contributed by atoms with Crippen LogP contribution in [0, 0.1) is 0 Å². The molecule has 5 nitrogen and oxygen atoms in total. The topological polar surface area (TPSA) is 81.9 Å². The number of nitrogens with zero attached hydrogens (tertiary/aromatic N) is 1. The average Bonchev–Trinajstić information content (AvgIpc) is 2.46. The van der Waals surface area contributed by atoms with Crippen LogP contribution in [0.25, 0.3) is 0 Å². The minimum Gasteiger partial charge on any atom is -0.506 e. The summed E-state index contributed by atoms with van der Waals surface area (Å²) in [4.78, 5) is 15.7. The van der Waals surface area contributed by atoms with Gasteiger partial charge in [-0.1, -0.05) is 28.1 Å². The maximum Gasteiger partial charge on any atom is 0.246 e. The van der Waals surface area contributed by atoms with Crippen LogP contribution >= 0.6 is 31.9 Å². The Bertz CT molecular complexity index is 733. The number of halogens is 2. The van der Waals surface area contributed by atoms with E-state index in [4.69, 9.17) is 0 Å². The summed E-state index contributed by atoms with van der Waals surface area (Å²) in [5.74, 6) is -0.326. The second-order valence-corrected chi connectivity index (χ2v) is 6.13. The SMILES string of the molecule is O=C(CN=Cc1cc(Br)cc(Br)c1O)Nc1ccccc1O. The smallest absolute Gasteiger partial charge is 0.246 e. The molecule has 0 fully saturated rings. The highest BCUT2D eigenvalue weighted by Gasteiger charge is 2.07. The molecule has 0 saturated heterocycles. The lowest BCUT2D eigenvalue weighted by Crippen LogP contribution is -2.14. The molecule has 0 spiro atoms. The van der Waals surface area contributed by atoms with E-state index in [9.17, 15) is 15.0 Å². The van der Waals surface area contributed by atoms with Gasteiger partial charge in [-0.05, 0) is 40.2 Å². The number of phenols is 2. The molecule has 0 atom stereocenters. The number of amides is 1. The van der Waals surface area contributed by atoms with E-state index in [-0.39, 0.29) is 24.0 Å². The lowest BCUT2D eigenvalue weighted by atomic mass is 10.2. The van der Waals surface area contributed by atoms with Crippen molar-refractivity contribution in [3.8, 4) is 11.5 Å². The van der Waals surface area contributed by atoms with Gasteiger partial charge in [0.15, 0.2) is 0 Å². The van der Waals surface area contributed by atoms with Crippen LogP contribution in [0.4, 0.5) is 5.69 Å². The molecular weight excluding hydrogens is 416 g/mol. The molecule has 0 bridgehead atoms. The van der Waals surface area contributed by atoms with Crippen LogP contribution < -0.4 is 5.32 Å². The zero-order valence-electron chi connectivity index (χ0n) is 11.3. The van der Waals surface area contributed by atoms with Gasteiger partial charge in [0.05, 0.1) is 10.2 Å². The van der Waals surface area contributed by atoms with Crippen molar-refractivity contribution < 1.29 is 15.0 Å². The van der Waals surface area contributed by atoms with Crippen molar-refractivity contribution in [2.45, 2.75) is 0 Å². The number of hydrogen-bond acceptors (Lipinski definition) is 4. The van der Waals surface area contributed by atoms with Crippen LogP contribution in [0.5, 0.6) is 11.5 Å². The molecule has 2 rings (SSSR count). The van der Waals surface area contributed by atoms with Gasteiger partial charge < -0.3 is 15.5 Å². The first-order chi connectivity index (χ1) is 10.5. The van der Waals surface area contributed by atoms with Crippen LogP contribution in [-0.2, 0) is 4.79 Å². The maximum absolute atomic E-state index is 11.8. The van der Waals surface area contributed by atoms with Gasteiger partial charge in [-0.3, -0.25) is 9.79 Å². The average molecular weight is 428 g/mol. The van der Waals surface area contributed by atoms with Gasteiger partial charge in [0, 0.05) is 16.3 Å². The number of carbonyl (C=O) groups excluding carboxylic acids is 1. The number of aliphatic imine (C=N–C) groups is 1. The summed E-state index contributed by atoms with van der Waals surface area (Å²) in [5, 5.41) is 22.0. The predicted molar refractivity (Wildman–Crippen MR) is 92.7 cm³/mol. The number of nitrogens with one attached hydrogen (secondary N) is 1. The Kier molecular flexibility index (Phi) is 5.57. The van der Waals surface area contributed by atoms with E-state index in [1.54, 1.807) is 30.3 Å². The summed E-state index contributed by atoms with van der Waals surface area (Å²) in [7, 11) is 0. The zero-order chi connectivity index (χ0) is 16.1. The Morgan fingerprint density at radius 2 is 1.95 bits per heavy atom. The van der Waals surface area contributed by atoms with E-state index >= 15 is 0 Å². The van der Waals surface area contributed by atoms with Crippen LogP contribution in [-0.4, -0.2) is 28.9 Å². The molecule has 7 heteroatoms. The fourth-order valence-electron chi connectivity index (χ4n) is 1.68. The summed E-state index contributed by atoms with van der Waals surface area (Å²) in [6, 6.07) is 9.83. The molecule has 2 aromatic rings. The highest BCUT2D eigenvalue weighted by Crippen LogP contribution is 2.30. The Morgan fingerprint density at radius 1 is 1.23 bits per heavy atom. The van der Waals surface area contributed by atoms with Gasteiger partial charge in [-0.25, -0.2) is 0 Å². The lowest BCUT2D eigenvalue weighted by Gasteiger charge is -2.05. The molecule has 0 saturated carbocycles. The van der Waals surface area contributed by atoms with Crippen molar-refractivity contribution in [2.75, 3.05) is 11.9 Å². The fraction of sp³-hybridized carbons (Fsp3) is 0.0667. The van der Waals surface area contributed by atoms with Crippen LogP contribution in [0.1, 0.15) is 5.56 Å². The van der Waals surface area contributed by atoms with Crippen molar-refractivity contribution in [1.82, 2.24) is 0 Å². The second kappa shape index (κ2) is 7.42. The quantitative estimate of drug-likeness (QED) is 0.514. The molecule has 114 valence electrons. The Morgan fingerprint density at radius 3 is 2.68 bits per heavy atom. The molecule has 3 N–H and O–H groups in total. The minimum atomic E-state index is -0.369. The van der Waals surface area contributed by atoms with Crippen molar-refractivity contribution in [2.24, 2.45) is 4.99 Å². The standard InChI is InChI=1S/C15H12Br2N2O3/c16-10-5-9(15(22)11(17)6-10)7-18-8-14(21)19-12-3-1-2-4-13(12)20/h1-7,20,22H,8H2,(H,19,21). The molecule has 0 aromatic heterocycles. The number of para-hydroxylation sites is 2. The molecule has 0 radical (unpaired) electrons. The molecule has 2 aromatic carbocycles. The third-order valence-electron chi connectivity index (χ3n) is 2.70. The third kappa shape index (κ3) is 4.32. The Balaban J connectivity index is 2.01. The van der Waals surface area contributed by atoms with Crippen molar-refractivity contribution in [3.05, 3.63) is 50.9 Å². The molecule has 0 aliphatic heterocycles.